The van der Waals surface area contributed by atoms with Gasteiger partial charge in [-0.15, -0.1) is 24.0 Å². The van der Waals surface area contributed by atoms with Gasteiger partial charge in [0.15, 0.2) is 5.96 Å². The third-order valence-electron chi connectivity index (χ3n) is 4.28. The number of guanidine groups is 1. The van der Waals surface area contributed by atoms with E-state index >= 15 is 0 Å². The van der Waals surface area contributed by atoms with E-state index < -0.39 is 0 Å². The molecule has 0 unspecified atom stereocenters. The number of aromatic nitrogens is 1. The van der Waals surface area contributed by atoms with Gasteiger partial charge in [-0.25, -0.2) is 9.98 Å². The number of nitrogens with zero attached hydrogens (tertiary/aromatic N) is 3. The van der Waals surface area contributed by atoms with Crippen LogP contribution in [0.1, 0.15) is 32.9 Å². The first-order valence-electron chi connectivity index (χ1n) is 8.60. The first kappa shape index (κ1) is 19.8. The van der Waals surface area contributed by atoms with Crippen molar-refractivity contribution in [1.29, 1.82) is 0 Å². The van der Waals surface area contributed by atoms with Crippen LogP contribution in [0.4, 0.5) is 0 Å². The van der Waals surface area contributed by atoms with Crippen LogP contribution in [0.2, 0.25) is 0 Å². The minimum absolute atomic E-state index is 0. The Kier molecular flexibility index (Phi) is 6.87. The lowest BCUT2D eigenvalue weighted by molar-refractivity contribution is 0.370. The van der Waals surface area contributed by atoms with E-state index in [1.807, 2.05) is 30.3 Å². The van der Waals surface area contributed by atoms with Gasteiger partial charge in [-0.05, 0) is 30.9 Å². The average Bonchev–Trinajstić information content (AvgIpc) is 3.19. The van der Waals surface area contributed by atoms with Gasteiger partial charge in [0.2, 0.25) is 5.89 Å². The second-order valence-electron chi connectivity index (χ2n) is 7.02. The molecule has 0 bridgehead atoms. The third-order valence-corrected chi connectivity index (χ3v) is 4.28. The Balaban J connectivity index is 0.00000225. The monoisotopic (exact) mass is 454 g/mol. The van der Waals surface area contributed by atoms with Gasteiger partial charge in [-0.2, -0.15) is 0 Å². The summed E-state index contributed by atoms with van der Waals surface area (Å²) < 4.78 is 5.59. The average molecular weight is 454 g/mol. The Morgan fingerprint density at radius 2 is 2.08 bits per heavy atom. The summed E-state index contributed by atoms with van der Waals surface area (Å²) in [6.45, 7) is 10.2. The third kappa shape index (κ3) is 5.20. The maximum atomic E-state index is 5.59. The molecule has 3 rings (SSSR count). The lowest BCUT2D eigenvalue weighted by Crippen LogP contribution is -2.40. The topological polar surface area (TPSA) is 53.7 Å². The van der Waals surface area contributed by atoms with E-state index in [-0.39, 0.29) is 24.0 Å². The van der Waals surface area contributed by atoms with E-state index in [1.165, 1.54) is 6.42 Å². The summed E-state index contributed by atoms with van der Waals surface area (Å²) in [6.07, 6.45) is 2.89. The van der Waals surface area contributed by atoms with E-state index in [0.717, 1.165) is 36.9 Å². The fourth-order valence-corrected chi connectivity index (χ4v) is 2.97. The Hall–Kier alpha value is -1.57. The highest BCUT2D eigenvalue weighted by Crippen LogP contribution is 2.28. The maximum Gasteiger partial charge on any atom is 0.226 e. The number of nitrogens with one attached hydrogen (secondary N) is 1. The largest absolute Gasteiger partial charge is 0.444 e. The van der Waals surface area contributed by atoms with Gasteiger partial charge in [-0.1, -0.05) is 32.0 Å². The fourth-order valence-electron chi connectivity index (χ4n) is 2.97. The zero-order chi connectivity index (χ0) is 17.0. The molecule has 0 saturated carbocycles. The Labute approximate surface area is 166 Å². The lowest BCUT2D eigenvalue weighted by atomic mass is 9.93. The van der Waals surface area contributed by atoms with Crippen LogP contribution in [-0.2, 0) is 6.54 Å². The molecule has 0 spiro atoms. The summed E-state index contributed by atoms with van der Waals surface area (Å²) in [5.41, 5.74) is 2.19. The number of halogens is 1. The van der Waals surface area contributed by atoms with Crippen molar-refractivity contribution in [3.05, 3.63) is 42.3 Å². The van der Waals surface area contributed by atoms with Crippen LogP contribution in [0, 0.1) is 5.41 Å². The van der Waals surface area contributed by atoms with Crippen molar-refractivity contribution in [3.63, 3.8) is 0 Å². The molecule has 1 aliphatic rings. The van der Waals surface area contributed by atoms with Gasteiger partial charge in [0.25, 0.3) is 0 Å². The van der Waals surface area contributed by atoms with Crippen LogP contribution in [0.3, 0.4) is 0 Å². The normalized spacial score (nSPS) is 16.6. The van der Waals surface area contributed by atoms with E-state index in [9.17, 15) is 0 Å². The lowest BCUT2D eigenvalue weighted by Gasteiger charge is -2.23. The summed E-state index contributed by atoms with van der Waals surface area (Å²) in [4.78, 5) is 11.6. The van der Waals surface area contributed by atoms with Crippen LogP contribution in [0.15, 0.2) is 46.0 Å². The summed E-state index contributed by atoms with van der Waals surface area (Å²) >= 11 is 0. The molecule has 1 aromatic heterocycles. The molecule has 5 nitrogen and oxygen atoms in total. The zero-order valence-electron chi connectivity index (χ0n) is 15.2. The molecule has 0 aliphatic carbocycles. The fraction of sp³-hybridized carbons (Fsp3) is 0.474. The first-order valence-corrected chi connectivity index (χ1v) is 8.60. The van der Waals surface area contributed by atoms with E-state index in [1.54, 1.807) is 6.26 Å². The smallest absolute Gasteiger partial charge is 0.226 e. The second-order valence-corrected chi connectivity index (χ2v) is 7.02. The number of hydrogen-bond acceptors (Lipinski definition) is 3. The van der Waals surface area contributed by atoms with E-state index in [0.29, 0.717) is 17.9 Å². The number of rotatable bonds is 4. The molecule has 1 N–H and O–H groups in total. The predicted molar refractivity (Wildman–Crippen MR) is 112 cm³/mol. The van der Waals surface area contributed by atoms with Crippen molar-refractivity contribution in [2.45, 2.75) is 33.7 Å². The van der Waals surface area contributed by atoms with Crippen molar-refractivity contribution in [3.8, 4) is 11.5 Å². The highest BCUT2D eigenvalue weighted by molar-refractivity contribution is 14.0. The molecule has 2 aromatic rings. The predicted octanol–water partition coefficient (Wildman–Crippen LogP) is 4.16. The van der Waals surface area contributed by atoms with Gasteiger partial charge in [0.1, 0.15) is 12.0 Å². The number of benzene rings is 1. The summed E-state index contributed by atoms with van der Waals surface area (Å²) in [7, 11) is 0. The van der Waals surface area contributed by atoms with E-state index in [2.05, 4.69) is 36.0 Å². The molecule has 0 atom stereocenters. The second kappa shape index (κ2) is 8.69. The highest BCUT2D eigenvalue weighted by atomic mass is 127. The van der Waals surface area contributed by atoms with Crippen molar-refractivity contribution < 1.29 is 4.42 Å². The molecular weight excluding hydrogens is 427 g/mol. The van der Waals surface area contributed by atoms with Crippen LogP contribution in [0.5, 0.6) is 0 Å². The summed E-state index contributed by atoms with van der Waals surface area (Å²) in [5.74, 6) is 1.61. The van der Waals surface area contributed by atoms with E-state index in [4.69, 9.17) is 9.41 Å². The molecule has 0 amide bonds. The first-order chi connectivity index (χ1) is 11.6. The molecule has 1 saturated heterocycles. The Morgan fingerprint density at radius 3 is 2.72 bits per heavy atom. The zero-order valence-corrected chi connectivity index (χ0v) is 17.5. The van der Waals surface area contributed by atoms with Crippen LogP contribution in [0.25, 0.3) is 11.5 Å². The molecule has 0 radical (unpaired) electrons. The maximum absolute atomic E-state index is 5.59. The minimum atomic E-state index is 0. The van der Waals surface area contributed by atoms with Crippen LogP contribution in [-0.4, -0.2) is 35.5 Å². The molecule has 25 heavy (non-hydrogen) atoms. The van der Waals surface area contributed by atoms with Crippen molar-refractivity contribution in [2.24, 2.45) is 10.4 Å². The molecule has 1 aliphatic heterocycles. The van der Waals surface area contributed by atoms with Gasteiger partial charge < -0.3 is 14.6 Å². The van der Waals surface area contributed by atoms with Crippen molar-refractivity contribution in [1.82, 2.24) is 15.2 Å². The molecule has 1 fully saturated rings. The Morgan fingerprint density at radius 1 is 1.32 bits per heavy atom. The number of oxazole rings is 1. The van der Waals surface area contributed by atoms with Crippen molar-refractivity contribution >= 4 is 29.9 Å². The number of likely N-dealkylation sites (tertiary alicyclic amines) is 1. The van der Waals surface area contributed by atoms with Gasteiger partial charge in [-0.3, -0.25) is 0 Å². The van der Waals surface area contributed by atoms with Crippen LogP contribution >= 0.6 is 24.0 Å². The standard InChI is InChI=1S/C19H26N4O.HI/c1-4-20-18(23-11-10-19(2,3)14-23)21-12-16-13-24-17(22-16)15-8-6-5-7-9-15;/h5-9,13H,4,10-12,14H2,1-3H3,(H,20,21);1H. The SMILES string of the molecule is CCNC(=NCc1coc(-c2ccccc2)n1)N1CCC(C)(C)C1.I. The summed E-state index contributed by atoms with van der Waals surface area (Å²) in [5, 5.41) is 3.39. The quantitative estimate of drug-likeness (QED) is 0.429. The Bertz CT molecular complexity index is 696. The van der Waals surface area contributed by atoms with Gasteiger partial charge >= 0.3 is 0 Å². The van der Waals surface area contributed by atoms with Gasteiger partial charge in [0.05, 0.1) is 6.54 Å². The molecule has 136 valence electrons. The van der Waals surface area contributed by atoms with Gasteiger partial charge in [0, 0.05) is 25.2 Å². The minimum Gasteiger partial charge on any atom is -0.444 e. The summed E-state index contributed by atoms with van der Waals surface area (Å²) in [6, 6.07) is 9.94. The molecule has 1 aromatic carbocycles. The number of aliphatic imine (C=N–C) groups is 1. The van der Waals surface area contributed by atoms with Crippen molar-refractivity contribution in [2.75, 3.05) is 19.6 Å². The van der Waals surface area contributed by atoms with Crippen LogP contribution < -0.4 is 5.32 Å². The highest BCUT2D eigenvalue weighted by Gasteiger charge is 2.30. The number of hydrogen-bond donors (Lipinski definition) is 1. The molecular formula is C19H27IN4O. The molecule has 6 heteroatoms. The molecule has 2 heterocycles.